The first-order chi connectivity index (χ1) is 7.27. The van der Waals surface area contributed by atoms with Gasteiger partial charge in [0.25, 0.3) is 0 Å². The van der Waals surface area contributed by atoms with Crippen molar-refractivity contribution in [3.63, 3.8) is 0 Å². The van der Waals surface area contributed by atoms with Crippen molar-refractivity contribution in [3.8, 4) is 0 Å². The normalized spacial score (nSPS) is 21.3. The Morgan fingerprint density at radius 3 is 3.13 bits per heavy atom. The lowest BCUT2D eigenvalue weighted by molar-refractivity contribution is 0.478. The van der Waals surface area contributed by atoms with Gasteiger partial charge in [-0.2, -0.15) is 0 Å². The van der Waals surface area contributed by atoms with Gasteiger partial charge in [0.05, 0.1) is 10.2 Å². The molecule has 5 heteroatoms. The number of aromatic nitrogens is 2. The van der Waals surface area contributed by atoms with Crippen LogP contribution in [0.5, 0.6) is 0 Å². The number of hydrogen-bond donors (Lipinski definition) is 2. The number of rotatable bonds is 2. The second kappa shape index (κ2) is 4.90. The zero-order chi connectivity index (χ0) is 10.7. The first-order valence-electron chi connectivity index (χ1n) is 5.21. The lowest BCUT2D eigenvalue weighted by atomic mass is 10.1. The van der Waals surface area contributed by atoms with Gasteiger partial charge in [-0.25, -0.2) is 9.97 Å². The van der Waals surface area contributed by atoms with Crippen LogP contribution < -0.4 is 10.6 Å². The van der Waals surface area contributed by atoms with Crippen molar-refractivity contribution in [2.75, 3.05) is 18.4 Å². The minimum absolute atomic E-state index is 0.476. The minimum atomic E-state index is 0.476. The Balaban J connectivity index is 2.06. The third-order valence-electron chi connectivity index (χ3n) is 2.60. The molecule has 0 amide bonds. The van der Waals surface area contributed by atoms with E-state index in [4.69, 9.17) is 0 Å². The van der Waals surface area contributed by atoms with Crippen LogP contribution in [0.2, 0.25) is 0 Å². The predicted molar refractivity (Wildman–Crippen MR) is 64.0 cm³/mol. The van der Waals surface area contributed by atoms with Crippen molar-refractivity contribution in [1.29, 1.82) is 0 Å². The molecule has 0 saturated carbocycles. The van der Waals surface area contributed by atoms with E-state index in [-0.39, 0.29) is 0 Å². The van der Waals surface area contributed by atoms with Crippen LogP contribution in [0.15, 0.2) is 10.8 Å². The highest BCUT2D eigenvalue weighted by atomic mass is 79.9. The van der Waals surface area contributed by atoms with Crippen molar-refractivity contribution < 1.29 is 0 Å². The monoisotopic (exact) mass is 270 g/mol. The number of piperidine rings is 1. The summed E-state index contributed by atoms with van der Waals surface area (Å²) in [7, 11) is 0. The number of halogens is 1. The third kappa shape index (κ3) is 2.66. The smallest absolute Gasteiger partial charge is 0.144 e. The highest BCUT2D eigenvalue weighted by molar-refractivity contribution is 9.10. The fourth-order valence-corrected chi connectivity index (χ4v) is 2.05. The van der Waals surface area contributed by atoms with Gasteiger partial charge in [0.1, 0.15) is 12.1 Å². The van der Waals surface area contributed by atoms with Crippen molar-refractivity contribution in [2.45, 2.75) is 25.8 Å². The molecule has 0 radical (unpaired) electrons. The van der Waals surface area contributed by atoms with E-state index in [0.717, 1.165) is 29.1 Å². The van der Waals surface area contributed by atoms with Crippen LogP contribution in [0.4, 0.5) is 5.82 Å². The highest BCUT2D eigenvalue weighted by Gasteiger charge is 2.14. The van der Waals surface area contributed by atoms with E-state index < -0.39 is 0 Å². The average Bonchev–Trinajstić information content (AvgIpc) is 2.26. The van der Waals surface area contributed by atoms with E-state index >= 15 is 0 Å². The summed E-state index contributed by atoms with van der Waals surface area (Å²) in [5.41, 5.74) is 0.969. The van der Waals surface area contributed by atoms with Crippen molar-refractivity contribution in [3.05, 3.63) is 16.5 Å². The zero-order valence-electron chi connectivity index (χ0n) is 8.76. The first kappa shape index (κ1) is 10.8. The Kier molecular flexibility index (Phi) is 3.53. The minimum Gasteiger partial charge on any atom is -0.365 e. The SMILES string of the molecule is Cc1ncnc(NC2CCCNC2)c1Br. The molecule has 1 unspecified atom stereocenters. The maximum Gasteiger partial charge on any atom is 0.144 e. The number of aryl methyl sites for hydroxylation is 1. The lowest BCUT2D eigenvalue weighted by Crippen LogP contribution is -2.38. The molecule has 1 aromatic rings. The standard InChI is InChI=1S/C10H15BrN4/c1-7-9(11)10(14-6-13-7)15-8-3-2-4-12-5-8/h6,8,12H,2-5H2,1H3,(H,13,14,15). The molecule has 82 valence electrons. The molecule has 2 N–H and O–H groups in total. The average molecular weight is 271 g/mol. The quantitative estimate of drug-likeness (QED) is 0.859. The Bertz CT molecular complexity index is 336. The van der Waals surface area contributed by atoms with Crippen LogP contribution in [-0.2, 0) is 0 Å². The molecule has 2 heterocycles. The fraction of sp³-hybridized carbons (Fsp3) is 0.600. The summed E-state index contributed by atoms with van der Waals surface area (Å²) in [6, 6.07) is 0.476. The molecule has 1 saturated heterocycles. The molecular weight excluding hydrogens is 256 g/mol. The van der Waals surface area contributed by atoms with E-state index in [0.29, 0.717) is 6.04 Å². The number of nitrogens with zero attached hydrogens (tertiary/aromatic N) is 2. The largest absolute Gasteiger partial charge is 0.365 e. The molecule has 2 rings (SSSR count). The fourth-order valence-electron chi connectivity index (χ4n) is 1.73. The molecule has 0 bridgehead atoms. The van der Waals surface area contributed by atoms with E-state index in [9.17, 15) is 0 Å². The van der Waals surface area contributed by atoms with Crippen LogP contribution in [0.3, 0.4) is 0 Å². The predicted octanol–water partition coefficient (Wildman–Crippen LogP) is 1.71. The van der Waals surface area contributed by atoms with E-state index in [1.54, 1.807) is 6.33 Å². The molecule has 1 aliphatic heterocycles. The van der Waals surface area contributed by atoms with E-state index in [2.05, 4.69) is 36.5 Å². The van der Waals surface area contributed by atoms with Gasteiger partial charge in [0, 0.05) is 12.6 Å². The molecule has 1 aromatic heterocycles. The number of anilines is 1. The summed E-state index contributed by atoms with van der Waals surface area (Å²) >= 11 is 3.50. The molecule has 1 fully saturated rings. The molecule has 1 aliphatic rings. The van der Waals surface area contributed by atoms with Gasteiger partial charge in [0.2, 0.25) is 0 Å². The first-order valence-corrected chi connectivity index (χ1v) is 6.01. The van der Waals surface area contributed by atoms with E-state index in [1.807, 2.05) is 6.92 Å². The van der Waals surface area contributed by atoms with Gasteiger partial charge in [0.15, 0.2) is 0 Å². The van der Waals surface area contributed by atoms with Crippen LogP contribution >= 0.6 is 15.9 Å². The topological polar surface area (TPSA) is 49.8 Å². The van der Waals surface area contributed by atoms with Gasteiger partial charge in [-0.3, -0.25) is 0 Å². The molecule has 0 aliphatic carbocycles. The Hall–Kier alpha value is -0.680. The molecule has 0 spiro atoms. The van der Waals surface area contributed by atoms with E-state index in [1.165, 1.54) is 12.8 Å². The Morgan fingerprint density at radius 1 is 1.53 bits per heavy atom. The van der Waals surface area contributed by atoms with Crippen LogP contribution in [0.25, 0.3) is 0 Å². The second-order valence-corrected chi connectivity index (χ2v) is 4.60. The van der Waals surface area contributed by atoms with Gasteiger partial charge < -0.3 is 10.6 Å². The maximum atomic E-state index is 4.24. The van der Waals surface area contributed by atoms with Gasteiger partial charge in [-0.05, 0) is 42.2 Å². The van der Waals surface area contributed by atoms with Crippen molar-refractivity contribution in [1.82, 2.24) is 15.3 Å². The van der Waals surface area contributed by atoms with Crippen LogP contribution in [-0.4, -0.2) is 29.1 Å². The summed E-state index contributed by atoms with van der Waals surface area (Å²) < 4.78 is 0.968. The zero-order valence-corrected chi connectivity index (χ0v) is 10.3. The van der Waals surface area contributed by atoms with Crippen LogP contribution in [0, 0.1) is 6.92 Å². The van der Waals surface area contributed by atoms with Gasteiger partial charge in [-0.15, -0.1) is 0 Å². The maximum absolute atomic E-state index is 4.24. The number of nitrogens with one attached hydrogen (secondary N) is 2. The molecule has 4 nitrogen and oxygen atoms in total. The van der Waals surface area contributed by atoms with Gasteiger partial charge >= 0.3 is 0 Å². The van der Waals surface area contributed by atoms with Crippen molar-refractivity contribution in [2.24, 2.45) is 0 Å². The molecular formula is C10H15BrN4. The second-order valence-electron chi connectivity index (χ2n) is 3.81. The summed E-state index contributed by atoms with van der Waals surface area (Å²) in [4.78, 5) is 8.36. The Labute approximate surface area is 98.0 Å². The summed E-state index contributed by atoms with van der Waals surface area (Å²) in [5, 5.41) is 6.80. The van der Waals surface area contributed by atoms with Crippen molar-refractivity contribution >= 4 is 21.7 Å². The Morgan fingerprint density at radius 2 is 2.40 bits per heavy atom. The van der Waals surface area contributed by atoms with Gasteiger partial charge in [-0.1, -0.05) is 0 Å². The summed E-state index contributed by atoms with van der Waals surface area (Å²) in [6.07, 6.45) is 4.01. The molecule has 1 atom stereocenters. The molecule has 15 heavy (non-hydrogen) atoms. The summed E-state index contributed by atoms with van der Waals surface area (Å²) in [6.45, 7) is 4.10. The lowest BCUT2D eigenvalue weighted by Gasteiger charge is -2.24. The number of hydrogen-bond acceptors (Lipinski definition) is 4. The third-order valence-corrected chi connectivity index (χ3v) is 3.55. The van der Waals surface area contributed by atoms with Crippen LogP contribution in [0.1, 0.15) is 18.5 Å². The highest BCUT2D eigenvalue weighted by Crippen LogP contribution is 2.23. The summed E-state index contributed by atoms with van der Waals surface area (Å²) in [5.74, 6) is 0.899. The molecule has 0 aromatic carbocycles.